The van der Waals surface area contributed by atoms with Gasteiger partial charge in [0.15, 0.2) is 0 Å². The van der Waals surface area contributed by atoms with Crippen molar-refractivity contribution in [3.8, 4) is 0 Å². The van der Waals surface area contributed by atoms with Crippen molar-refractivity contribution in [3.05, 3.63) is 0 Å². The van der Waals surface area contributed by atoms with E-state index in [4.69, 9.17) is 0 Å². The third-order valence-electron chi connectivity index (χ3n) is 1.25. The third kappa shape index (κ3) is 11.1. The number of rotatable bonds is 8. The Balaban J connectivity index is 2.69. The molecule has 0 aliphatic heterocycles. The van der Waals surface area contributed by atoms with Crippen molar-refractivity contribution in [1.29, 1.82) is 0 Å². The Morgan fingerprint density at radius 3 is 1.73 bits per heavy atom. The maximum absolute atomic E-state index is 2.24. The van der Waals surface area contributed by atoms with Crippen LogP contribution in [0.4, 0.5) is 0 Å². The van der Waals surface area contributed by atoms with Gasteiger partial charge in [0.1, 0.15) is 0 Å². The molecule has 0 aliphatic rings. The van der Waals surface area contributed by atoms with Crippen LogP contribution < -0.4 is 0 Å². The average molecular weight is 210 g/mol. The van der Waals surface area contributed by atoms with E-state index >= 15 is 0 Å². The molecule has 0 amide bonds. The molecule has 11 heavy (non-hydrogen) atoms. The Hall–Kier alpha value is 1.13. The molecule has 0 spiro atoms. The van der Waals surface area contributed by atoms with Crippen molar-refractivity contribution in [3.63, 3.8) is 0 Å². The highest BCUT2D eigenvalue weighted by atomic mass is 32.2. The van der Waals surface area contributed by atoms with Crippen LogP contribution in [0.25, 0.3) is 0 Å². The molecule has 0 aliphatic carbocycles. The Labute approximate surface area is 81.5 Å². The van der Waals surface area contributed by atoms with E-state index < -0.39 is 0 Å². The second-order valence-corrected chi connectivity index (χ2v) is 6.43. The van der Waals surface area contributed by atoms with E-state index in [-0.39, 0.29) is 0 Å². The highest BCUT2D eigenvalue weighted by Gasteiger charge is 1.88. The fourth-order valence-corrected chi connectivity index (χ4v) is 3.84. The van der Waals surface area contributed by atoms with E-state index in [2.05, 4.69) is 37.4 Å². The van der Waals surface area contributed by atoms with Crippen molar-refractivity contribution in [2.45, 2.75) is 13.8 Å². The molecule has 0 atom stereocenters. The summed E-state index contributed by atoms with van der Waals surface area (Å²) in [7, 11) is 1.21. The van der Waals surface area contributed by atoms with E-state index in [1.54, 1.807) is 0 Å². The second kappa shape index (κ2) is 11.1. The molecule has 0 N–H and O–H groups in total. The Kier molecular flexibility index (Phi) is 12.3. The van der Waals surface area contributed by atoms with Gasteiger partial charge in [0.25, 0.3) is 0 Å². The summed E-state index contributed by atoms with van der Waals surface area (Å²) in [5, 5.41) is 0. The monoisotopic (exact) mass is 210 g/mol. The normalized spacial score (nSPS) is 10.4. The molecule has 0 saturated heterocycles. The van der Waals surface area contributed by atoms with Crippen LogP contribution in [-0.2, 0) is 0 Å². The van der Waals surface area contributed by atoms with Gasteiger partial charge in [-0.05, 0) is 35.3 Å². The molecule has 0 saturated carbocycles. The maximum atomic E-state index is 2.24. The van der Waals surface area contributed by atoms with E-state index in [0.717, 1.165) is 0 Å². The van der Waals surface area contributed by atoms with E-state index in [0.29, 0.717) is 0 Å². The lowest BCUT2D eigenvalue weighted by Gasteiger charge is -1.99. The van der Waals surface area contributed by atoms with Crippen LogP contribution in [0.3, 0.4) is 0 Å². The fourth-order valence-electron chi connectivity index (χ4n) is 0.702. The summed E-state index contributed by atoms with van der Waals surface area (Å²) < 4.78 is 0. The zero-order chi connectivity index (χ0) is 8.36. The Morgan fingerprint density at radius 1 is 0.909 bits per heavy atom. The zero-order valence-electron chi connectivity index (χ0n) is 7.56. The van der Waals surface area contributed by atoms with E-state index in [1.165, 1.54) is 43.9 Å². The predicted molar refractivity (Wildman–Crippen MR) is 64.0 cm³/mol. The molecule has 3 heteroatoms. The molecular weight excluding hydrogens is 191 g/mol. The number of thioether (sulfide) groups is 2. The summed E-state index contributed by atoms with van der Waals surface area (Å²) in [5.74, 6) is 5.33. The van der Waals surface area contributed by atoms with Gasteiger partial charge in [0.05, 0.1) is 0 Å². The first-order chi connectivity index (χ1) is 5.41. The van der Waals surface area contributed by atoms with Gasteiger partial charge in [0.2, 0.25) is 0 Å². The van der Waals surface area contributed by atoms with Crippen molar-refractivity contribution in [1.82, 2.24) is 0 Å². The Bertz CT molecular complexity index is 61.1. The van der Waals surface area contributed by atoms with Gasteiger partial charge in [-0.2, -0.15) is 23.5 Å². The predicted octanol–water partition coefficient (Wildman–Crippen LogP) is 3.17. The van der Waals surface area contributed by atoms with Gasteiger partial charge < -0.3 is 0 Å². The van der Waals surface area contributed by atoms with Crippen LogP contribution in [0.2, 0.25) is 0 Å². The lowest BCUT2D eigenvalue weighted by atomic mass is 10.9. The lowest BCUT2D eigenvalue weighted by Crippen LogP contribution is -1.87. The second-order valence-electron chi connectivity index (χ2n) is 2.14. The van der Waals surface area contributed by atoms with Crippen molar-refractivity contribution in [2.24, 2.45) is 0 Å². The summed E-state index contributed by atoms with van der Waals surface area (Å²) in [5.41, 5.74) is 0. The summed E-state index contributed by atoms with van der Waals surface area (Å²) in [6.45, 7) is 4.47. The molecule has 0 rings (SSSR count). The molecule has 0 heterocycles. The molecule has 0 nitrogen and oxygen atoms in total. The van der Waals surface area contributed by atoms with Crippen molar-refractivity contribution >= 4 is 32.1 Å². The van der Waals surface area contributed by atoms with Crippen LogP contribution >= 0.6 is 32.1 Å². The van der Waals surface area contributed by atoms with Crippen LogP contribution in [0, 0.1) is 0 Å². The highest BCUT2D eigenvalue weighted by Crippen LogP contribution is 2.14. The summed E-state index contributed by atoms with van der Waals surface area (Å²) >= 11 is 4.14. The maximum Gasteiger partial charge on any atom is -0.00306 e. The fraction of sp³-hybridized carbons (Fsp3) is 1.00. The van der Waals surface area contributed by atoms with Crippen LogP contribution in [-0.4, -0.2) is 35.3 Å². The zero-order valence-corrected chi connectivity index (χ0v) is 10.2. The minimum atomic E-state index is 1.21. The van der Waals surface area contributed by atoms with Crippen LogP contribution in [0.1, 0.15) is 13.8 Å². The largest absolute Gasteiger partial charge is 0.162 e. The molecule has 0 aromatic heterocycles. The SMILES string of the molecule is CCSCCPCCSCC. The van der Waals surface area contributed by atoms with Gasteiger partial charge in [-0.25, -0.2) is 0 Å². The number of hydrogen-bond acceptors (Lipinski definition) is 2. The highest BCUT2D eigenvalue weighted by molar-refractivity contribution is 7.99. The first-order valence-corrected chi connectivity index (χ1v) is 8.00. The standard InChI is InChI=1S/C8H19PS2/c1-3-10-7-5-9-6-8-11-4-2/h9H,3-8H2,1-2H3. The molecule has 0 fully saturated rings. The molecule has 0 unspecified atom stereocenters. The van der Waals surface area contributed by atoms with Gasteiger partial charge in [0, 0.05) is 0 Å². The molecule has 68 valence electrons. The van der Waals surface area contributed by atoms with Gasteiger partial charge >= 0.3 is 0 Å². The Morgan fingerprint density at radius 2 is 1.36 bits per heavy atom. The van der Waals surface area contributed by atoms with Gasteiger partial charge in [-0.1, -0.05) is 13.8 Å². The molecule has 0 aromatic rings. The minimum absolute atomic E-state index is 1.21. The summed E-state index contributed by atoms with van der Waals surface area (Å²) in [4.78, 5) is 0. The smallest absolute Gasteiger partial charge is 0.00306 e. The first kappa shape index (κ1) is 12.1. The first-order valence-electron chi connectivity index (χ1n) is 4.28. The van der Waals surface area contributed by atoms with Crippen molar-refractivity contribution < 1.29 is 0 Å². The molecular formula is C8H19PS2. The average Bonchev–Trinajstić information content (AvgIpc) is 2.03. The van der Waals surface area contributed by atoms with Crippen molar-refractivity contribution in [2.75, 3.05) is 35.3 Å². The summed E-state index contributed by atoms with van der Waals surface area (Å²) in [6, 6.07) is 0. The van der Waals surface area contributed by atoms with Crippen LogP contribution in [0.5, 0.6) is 0 Å². The third-order valence-corrected chi connectivity index (χ3v) is 4.99. The molecule has 0 radical (unpaired) electrons. The molecule has 0 bridgehead atoms. The van der Waals surface area contributed by atoms with Gasteiger partial charge in [-0.3, -0.25) is 0 Å². The summed E-state index contributed by atoms with van der Waals surface area (Å²) in [6.07, 6.45) is 2.89. The van der Waals surface area contributed by atoms with E-state index in [9.17, 15) is 0 Å². The molecule has 0 aromatic carbocycles. The lowest BCUT2D eigenvalue weighted by molar-refractivity contribution is 1.43. The van der Waals surface area contributed by atoms with E-state index in [1.807, 2.05) is 0 Å². The quantitative estimate of drug-likeness (QED) is 0.446. The van der Waals surface area contributed by atoms with Crippen LogP contribution in [0.15, 0.2) is 0 Å². The number of hydrogen-bond donors (Lipinski definition) is 0. The minimum Gasteiger partial charge on any atom is -0.162 e. The topological polar surface area (TPSA) is 0 Å². The van der Waals surface area contributed by atoms with Gasteiger partial charge in [-0.15, -0.1) is 8.58 Å².